The predicted molar refractivity (Wildman–Crippen MR) is 150 cm³/mol. The molecule has 0 atom stereocenters. The van der Waals surface area contributed by atoms with E-state index in [1.165, 1.54) is 56.7 Å². The van der Waals surface area contributed by atoms with Gasteiger partial charge in [0.1, 0.15) is 5.57 Å². The number of methoxy groups -OCH3 is 2. The minimum Gasteiger partial charge on any atom is -0.493 e. The van der Waals surface area contributed by atoms with Crippen molar-refractivity contribution in [2.75, 3.05) is 31.0 Å². The second kappa shape index (κ2) is 12.5. The number of esters is 1. The fourth-order valence-corrected chi connectivity index (χ4v) is 4.15. The number of hydrogen-bond donors (Lipinski definition) is 2. The molecule has 3 aromatic carbocycles. The maximum atomic E-state index is 13.2. The molecular formula is C28H21Cl2N3O8. The first-order chi connectivity index (χ1) is 19.6. The number of hydrogen-bond acceptors (Lipinski definition) is 8. The normalized spacial score (nSPS) is 14.0. The molecule has 3 aromatic rings. The maximum absolute atomic E-state index is 13.2. The molecule has 0 unspecified atom stereocenters. The van der Waals surface area contributed by atoms with Crippen LogP contribution in [0.25, 0.3) is 6.08 Å². The van der Waals surface area contributed by atoms with Crippen molar-refractivity contribution >= 4 is 70.4 Å². The molecule has 11 nitrogen and oxygen atoms in total. The van der Waals surface area contributed by atoms with Crippen LogP contribution in [-0.4, -0.2) is 50.5 Å². The van der Waals surface area contributed by atoms with Crippen molar-refractivity contribution in [2.45, 2.75) is 0 Å². The van der Waals surface area contributed by atoms with Crippen molar-refractivity contribution in [1.29, 1.82) is 0 Å². The predicted octanol–water partition coefficient (Wildman–Crippen LogP) is 4.47. The highest BCUT2D eigenvalue weighted by molar-refractivity contribution is 6.39. The van der Waals surface area contributed by atoms with Crippen LogP contribution in [0.4, 0.5) is 16.2 Å². The lowest BCUT2D eigenvalue weighted by molar-refractivity contribution is -0.122. The van der Waals surface area contributed by atoms with E-state index >= 15 is 0 Å². The molecule has 210 valence electrons. The number of ether oxygens (including phenoxy) is 3. The molecule has 0 saturated carbocycles. The van der Waals surface area contributed by atoms with Gasteiger partial charge in [-0.2, -0.15) is 0 Å². The molecule has 0 bridgehead atoms. The van der Waals surface area contributed by atoms with Crippen molar-refractivity contribution in [3.05, 3.63) is 87.4 Å². The van der Waals surface area contributed by atoms with Crippen molar-refractivity contribution < 1.29 is 38.2 Å². The second-order valence-corrected chi connectivity index (χ2v) is 9.22. The third-order valence-electron chi connectivity index (χ3n) is 5.69. The minimum atomic E-state index is -0.959. The summed E-state index contributed by atoms with van der Waals surface area (Å²) in [6.07, 6.45) is 1.23. The molecule has 4 rings (SSSR count). The topological polar surface area (TPSA) is 140 Å². The summed E-state index contributed by atoms with van der Waals surface area (Å²) in [6, 6.07) is 13.9. The molecule has 13 heteroatoms. The molecule has 1 fully saturated rings. The number of amides is 5. The lowest BCUT2D eigenvalue weighted by Gasteiger charge is -2.26. The van der Waals surface area contributed by atoms with Gasteiger partial charge in [-0.05, 0) is 72.3 Å². The number of imide groups is 2. The Morgan fingerprint density at radius 1 is 0.976 bits per heavy atom. The zero-order valence-electron chi connectivity index (χ0n) is 21.5. The Morgan fingerprint density at radius 2 is 1.66 bits per heavy atom. The molecule has 1 heterocycles. The summed E-state index contributed by atoms with van der Waals surface area (Å²) >= 11 is 12.2. The van der Waals surface area contributed by atoms with Crippen LogP contribution in [0.5, 0.6) is 11.5 Å². The molecule has 0 aromatic heterocycles. The van der Waals surface area contributed by atoms with E-state index in [0.29, 0.717) is 10.7 Å². The van der Waals surface area contributed by atoms with E-state index < -0.39 is 36.3 Å². The zero-order chi connectivity index (χ0) is 29.7. The number of carbonyl (C=O) groups is 5. The van der Waals surface area contributed by atoms with Gasteiger partial charge in [-0.15, -0.1) is 0 Å². The van der Waals surface area contributed by atoms with Crippen LogP contribution in [0.2, 0.25) is 10.0 Å². The molecule has 1 aliphatic heterocycles. The molecule has 41 heavy (non-hydrogen) atoms. The number of rotatable bonds is 8. The van der Waals surface area contributed by atoms with E-state index in [1.54, 1.807) is 24.3 Å². The molecule has 0 aliphatic carbocycles. The molecule has 1 aliphatic rings. The Hall–Kier alpha value is -4.87. The largest absolute Gasteiger partial charge is 0.493 e. The monoisotopic (exact) mass is 597 g/mol. The van der Waals surface area contributed by atoms with Crippen molar-refractivity contribution in [1.82, 2.24) is 5.32 Å². The number of benzene rings is 3. The third-order valence-corrected chi connectivity index (χ3v) is 6.22. The summed E-state index contributed by atoms with van der Waals surface area (Å²) in [5.74, 6) is -2.70. The number of urea groups is 1. The maximum Gasteiger partial charge on any atom is 0.337 e. The molecule has 1 saturated heterocycles. The van der Waals surface area contributed by atoms with Gasteiger partial charge in [0, 0.05) is 10.7 Å². The Morgan fingerprint density at radius 3 is 2.29 bits per heavy atom. The smallest absolute Gasteiger partial charge is 0.337 e. The van der Waals surface area contributed by atoms with Crippen LogP contribution in [-0.2, 0) is 19.1 Å². The van der Waals surface area contributed by atoms with Gasteiger partial charge in [0.15, 0.2) is 18.1 Å². The number of nitrogens with one attached hydrogen (secondary N) is 2. The van der Waals surface area contributed by atoms with E-state index in [0.717, 1.165) is 4.90 Å². The highest BCUT2D eigenvalue weighted by Gasteiger charge is 2.37. The number of halogens is 2. The van der Waals surface area contributed by atoms with Gasteiger partial charge in [0.05, 0.1) is 30.5 Å². The van der Waals surface area contributed by atoms with Gasteiger partial charge in [-0.1, -0.05) is 23.2 Å². The van der Waals surface area contributed by atoms with E-state index in [4.69, 9.17) is 32.7 Å². The van der Waals surface area contributed by atoms with Crippen LogP contribution in [0.3, 0.4) is 0 Å². The first kappa shape index (κ1) is 29.1. The van der Waals surface area contributed by atoms with Gasteiger partial charge in [-0.25, -0.2) is 14.5 Å². The van der Waals surface area contributed by atoms with Crippen LogP contribution >= 0.6 is 23.2 Å². The number of nitrogens with zero attached hydrogens (tertiary/aromatic N) is 1. The Bertz CT molecular complexity index is 1570. The SMILES string of the molecule is COC(=O)c1ccc(N2C(=O)NC(=O)/C(=C\c3cc(Cl)c(OCC(=O)Nc4ccc(Cl)cc4)c(OC)c3)C2=O)cc1. The zero-order valence-corrected chi connectivity index (χ0v) is 23.0. The first-order valence-electron chi connectivity index (χ1n) is 11.8. The fraction of sp³-hybridized carbons (Fsp3) is 0.107. The van der Waals surface area contributed by atoms with Crippen LogP contribution in [0.15, 0.2) is 66.2 Å². The van der Waals surface area contributed by atoms with Crippen molar-refractivity contribution in [3.8, 4) is 11.5 Å². The van der Waals surface area contributed by atoms with Gasteiger partial charge < -0.3 is 19.5 Å². The van der Waals surface area contributed by atoms with Gasteiger partial charge in [-0.3, -0.25) is 19.7 Å². The average Bonchev–Trinajstić information content (AvgIpc) is 2.95. The number of barbiturate groups is 1. The van der Waals surface area contributed by atoms with Gasteiger partial charge >= 0.3 is 12.0 Å². The quantitative estimate of drug-likeness (QED) is 0.220. The summed E-state index contributed by atoms with van der Waals surface area (Å²) in [5.41, 5.74) is 0.758. The molecule has 0 radical (unpaired) electrons. The van der Waals surface area contributed by atoms with Crippen molar-refractivity contribution in [2.24, 2.45) is 0 Å². The molecule has 5 amide bonds. The Balaban J connectivity index is 1.54. The summed E-state index contributed by atoms with van der Waals surface area (Å²) in [4.78, 5) is 63.1. The average molecular weight is 598 g/mol. The summed E-state index contributed by atoms with van der Waals surface area (Å²) in [6.45, 7) is -0.397. The summed E-state index contributed by atoms with van der Waals surface area (Å²) in [5, 5.41) is 5.32. The number of carbonyl (C=O) groups excluding carboxylic acids is 5. The number of anilines is 2. The lowest BCUT2D eigenvalue weighted by Crippen LogP contribution is -2.54. The third kappa shape index (κ3) is 6.65. The van der Waals surface area contributed by atoms with Gasteiger partial charge in [0.2, 0.25) is 0 Å². The van der Waals surface area contributed by atoms with E-state index in [2.05, 4.69) is 15.4 Å². The van der Waals surface area contributed by atoms with Crippen LogP contribution < -0.4 is 25.0 Å². The second-order valence-electron chi connectivity index (χ2n) is 8.37. The standard InChI is InChI=1S/C28H21Cl2N3O8/c1-39-22-13-15(12-21(30)24(22)41-14-23(34)31-18-7-5-17(29)6-8-18)11-20-25(35)32-28(38)33(26(20)36)19-9-3-16(4-10-19)27(37)40-2/h3-13H,14H2,1-2H3,(H,31,34)(H,32,35,38)/b20-11+. The Kier molecular flexibility index (Phi) is 8.91. The molecular weight excluding hydrogens is 577 g/mol. The minimum absolute atomic E-state index is 0.0329. The fourth-order valence-electron chi connectivity index (χ4n) is 3.75. The van der Waals surface area contributed by atoms with E-state index in [-0.39, 0.29) is 38.9 Å². The Labute approximate surface area is 243 Å². The van der Waals surface area contributed by atoms with Crippen LogP contribution in [0, 0.1) is 0 Å². The highest BCUT2D eigenvalue weighted by atomic mass is 35.5. The molecule has 2 N–H and O–H groups in total. The lowest BCUT2D eigenvalue weighted by atomic mass is 10.1. The highest BCUT2D eigenvalue weighted by Crippen LogP contribution is 2.37. The van der Waals surface area contributed by atoms with E-state index in [9.17, 15) is 24.0 Å². The van der Waals surface area contributed by atoms with Crippen molar-refractivity contribution in [3.63, 3.8) is 0 Å². The van der Waals surface area contributed by atoms with Crippen LogP contribution in [0.1, 0.15) is 15.9 Å². The summed E-state index contributed by atoms with van der Waals surface area (Å²) in [7, 11) is 2.57. The van der Waals surface area contributed by atoms with E-state index in [1.807, 2.05) is 0 Å². The summed E-state index contributed by atoms with van der Waals surface area (Å²) < 4.78 is 15.6. The molecule has 0 spiro atoms. The first-order valence-corrected chi connectivity index (χ1v) is 12.5. The van der Waals surface area contributed by atoms with Gasteiger partial charge in [0.25, 0.3) is 17.7 Å².